The summed E-state index contributed by atoms with van der Waals surface area (Å²) >= 11 is 0. The Morgan fingerprint density at radius 1 is 0.319 bits per heavy atom. The van der Waals surface area contributed by atoms with Crippen LogP contribution in [0.4, 0.5) is 0 Å². The summed E-state index contributed by atoms with van der Waals surface area (Å²) in [5, 5.41) is 138. The Balaban J connectivity index is 1.36. The first kappa shape index (κ1) is 119. The van der Waals surface area contributed by atoms with Gasteiger partial charge in [0.15, 0.2) is 0 Å². The molecule has 0 aliphatic carbocycles. The second-order valence-corrected chi connectivity index (χ2v) is 33.9. The molecule has 1 fully saturated rings. The standard InChI is InChI=1S/C90H123N19O35/c1-3-4-13-56(83(137)105-66(42-75(125)126)90(144)103-63(79(91)133)39-50-10-6-5-7-11-50)97-89(143)65(41-52-43-92-55-14-9-8-12-54(52)55)96-67(111)44-93-81(135)64(40-51-15-17-53(110)18-16-51)104-80(134)49(2)94-82(136)58(20-26-70(115)116)98-85(139)60(22-28-72(119)120)100-87(141)62(24-30-74(123)124)102-88(142)61(23-29-73(121)122)101-86(140)59(21-27-71(117)118)99-84(138)57(19-25-69(113)114)95-68(112)45-106-31-33-107(46-76(127)128)35-37-109(48-78(131)132)38-36-108(34-32-106)47-77(129)130/h5-12,14-18,43,49,56-66,92,110H,3-4,13,19-42,44-48H2,1-2H3,(H2,91,133)(H,93,135)(H,94,136)(H,95,112)(H,96,111)(H,97,143)(H,98,139)(H,99,138)(H,100,141)(H,101,140)(H,102,142)(H,103,144)(H,104,134)(H,105,137)(H,113,114)(H,115,116)(H,117,118)(H,119,120)(H,121,122)(H,123,124)(H,125,126)(H,127,128)(H,129,130)(H,131,132)/t49-,56-,57+,58+,59+,60+,61+,62+,63-,64-,65-,66-/m0/s1. The van der Waals surface area contributed by atoms with Crippen molar-refractivity contribution in [2.24, 2.45) is 5.73 Å². The Labute approximate surface area is 821 Å². The molecule has 144 heavy (non-hydrogen) atoms. The Morgan fingerprint density at radius 3 is 1.01 bits per heavy atom. The van der Waals surface area contributed by atoms with Crippen LogP contribution in [-0.4, -0.2) is 381 Å². The summed E-state index contributed by atoms with van der Waals surface area (Å²) in [6, 6.07) is -2.15. The van der Waals surface area contributed by atoms with Crippen LogP contribution in [0.15, 0.2) is 85.1 Å². The highest BCUT2D eigenvalue weighted by Crippen LogP contribution is 2.21. The highest BCUT2D eigenvalue weighted by Gasteiger charge is 2.39. The highest BCUT2D eigenvalue weighted by atomic mass is 16.4. The largest absolute Gasteiger partial charge is 0.508 e. The lowest BCUT2D eigenvalue weighted by Gasteiger charge is -2.33. The summed E-state index contributed by atoms with van der Waals surface area (Å²) in [6.45, 7) is -0.799. The van der Waals surface area contributed by atoms with Crippen molar-refractivity contribution in [3.63, 3.8) is 0 Å². The van der Waals surface area contributed by atoms with Crippen molar-refractivity contribution in [1.82, 2.24) is 93.7 Å². The number of phenols is 1. The molecular weight excluding hydrogens is 1910 g/mol. The maximum absolute atomic E-state index is 14.7. The molecule has 27 N–H and O–H groups in total. The molecule has 54 heteroatoms. The van der Waals surface area contributed by atoms with Crippen LogP contribution < -0.4 is 74.9 Å². The normalized spacial score (nSPS) is 15.2. The summed E-state index contributed by atoms with van der Waals surface area (Å²) in [5.41, 5.74) is 7.49. The number of primary amides is 1. The van der Waals surface area contributed by atoms with Gasteiger partial charge in [0.05, 0.1) is 39.1 Å². The van der Waals surface area contributed by atoms with Gasteiger partial charge in [0.2, 0.25) is 82.7 Å². The van der Waals surface area contributed by atoms with E-state index in [0.29, 0.717) is 28.5 Å². The molecule has 1 aromatic heterocycles. The van der Waals surface area contributed by atoms with E-state index in [1.165, 1.54) is 50.1 Å². The van der Waals surface area contributed by atoms with Crippen molar-refractivity contribution >= 4 is 153 Å². The van der Waals surface area contributed by atoms with E-state index in [1.54, 1.807) is 61.5 Å². The molecule has 1 saturated heterocycles. The third-order valence-corrected chi connectivity index (χ3v) is 22.4. The number of nitrogens with zero attached hydrogens (tertiary/aromatic N) is 4. The van der Waals surface area contributed by atoms with Crippen LogP contribution in [0.5, 0.6) is 5.75 Å². The quantitative estimate of drug-likeness (QED) is 0.0195. The van der Waals surface area contributed by atoms with Crippen LogP contribution in [-0.2, 0) is 134 Å². The molecule has 3 aromatic carbocycles. The van der Waals surface area contributed by atoms with Crippen LogP contribution in [0.3, 0.4) is 0 Å². The van der Waals surface area contributed by atoms with Gasteiger partial charge < -0.3 is 136 Å². The minimum Gasteiger partial charge on any atom is -0.508 e. The van der Waals surface area contributed by atoms with E-state index in [1.807, 2.05) is 0 Å². The zero-order valence-corrected chi connectivity index (χ0v) is 78.7. The van der Waals surface area contributed by atoms with Gasteiger partial charge in [-0.05, 0) is 86.8 Å². The van der Waals surface area contributed by atoms with Gasteiger partial charge in [-0.1, -0.05) is 80.4 Å². The number of aromatic hydroxyl groups is 1. The number of carboxylic acid groups (broad SMARTS) is 10. The minimum atomic E-state index is -2.18. The molecular formula is C90H123N19O35. The molecule has 788 valence electrons. The monoisotopic (exact) mass is 2030 g/mol. The van der Waals surface area contributed by atoms with Crippen molar-refractivity contribution in [3.05, 3.63) is 102 Å². The molecule has 5 rings (SSSR count). The van der Waals surface area contributed by atoms with E-state index in [0.717, 1.165) is 6.92 Å². The predicted octanol–water partition coefficient (Wildman–Crippen LogP) is -6.33. The number of carbonyl (C=O) groups is 24. The van der Waals surface area contributed by atoms with Crippen LogP contribution in [0.25, 0.3) is 10.9 Å². The molecule has 14 amide bonds. The first-order valence-electron chi connectivity index (χ1n) is 45.7. The fraction of sp³-hybridized carbons (Fsp3) is 0.511. The van der Waals surface area contributed by atoms with Crippen molar-refractivity contribution in [1.29, 1.82) is 0 Å². The van der Waals surface area contributed by atoms with Crippen molar-refractivity contribution in [3.8, 4) is 5.75 Å². The number of aliphatic carboxylic acids is 10. The van der Waals surface area contributed by atoms with Crippen LogP contribution in [0.2, 0.25) is 0 Å². The number of para-hydroxylation sites is 1. The van der Waals surface area contributed by atoms with Crippen molar-refractivity contribution in [2.75, 3.05) is 85.1 Å². The molecule has 0 bridgehead atoms. The Hall–Kier alpha value is -15.9. The highest BCUT2D eigenvalue weighted by molar-refractivity contribution is 6.01. The molecule has 0 saturated carbocycles. The fourth-order valence-electron chi connectivity index (χ4n) is 14.8. The van der Waals surface area contributed by atoms with Crippen LogP contribution >= 0.6 is 0 Å². The van der Waals surface area contributed by atoms with Crippen molar-refractivity contribution < 1.29 is 171 Å². The lowest BCUT2D eigenvalue weighted by Crippen LogP contribution is -2.60. The van der Waals surface area contributed by atoms with Crippen LogP contribution in [0, 0.1) is 0 Å². The first-order valence-corrected chi connectivity index (χ1v) is 45.7. The topological polar surface area (TPSA) is 843 Å². The Morgan fingerprint density at radius 2 is 0.632 bits per heavy atom. The maximum atomic E-state index is 14.7. The molecule has 54 nitrogen and oxygen atoms in total. The van der Waals surface area contributed by atoms with Gasteiger partial charge >= 0.3 is 59.7 Å². The zero-order valence-electron chi connectivity index (χ0n) is 78.7. The zero-order chi connectivity index (χ0) is 107. The molecule has 2 heterocycles. The van der Waals surface area contributed by atoms with E-state index < -0.39 is 338 Å². The summed E-state index contributed by atoms with van der Waals surface area (Å²) < 4.78 is 0. The third-order valence-electron chi connectivity index (χ3n) is 22.4. The van der Waals surface area contributed by atoms with Gasteiger partial charge in [-0.25, -0.2) is 0 Å². The van der Waals surface area contributed by atoms with Gasteiger partial charge in [-0.3, -0.25) is 135 Å². The summed E-state index contributed by atoms with van der Waals surface area (Å²) in [5.74, 6) is -32.5. The van der Waals surface area contributed by atoms with Crippen molar-refractivity contribution in [2.45, 2.75) is 208 Å². The molecule has 1 aliphatic heterocycles. The maximum Gasteiger partial charge on any atom is 0.317 e. The van der Waals surface area contributed by atoms with Gasteiger partial charge in [0, 0.05) is 127 Å². The SMILES string of the molecule is CCCC[C@H](NC(=O)[C@H](Cc1c[nH]c2ccccc12)NC(=O)CNC(=O)[C@H](Cc1ccc(O)cc1)NC(=O)[C@H](C)NC(=O)[C@@H](CCC(=O)O)NC(=O)[C@@H](CCC(=O)O)NC(=O)[C@@H](CCC(=O)O)NC(=O)[C@@H](CCC(=O)O)NC(=O)[C@@H](CCC(=O)O)NC(=O)[C@@H](CCC(=O)O)NC(=O)CN1CCN(CC(=O)O)CCN(CC(=O)O)CCN(CC(=O)O)CC1)C(=O)N[C@@H](CC(=O)O)C(=O)N[C@@H](Cc1ccccc1)C(N)=O. The molecule has 12 atom stereocenters. The first-order chi connectivity index (χ1) is 68.0. The number of H-pyrrole nitrogens is 1. The molecule has 0 radical (unpaired) electrons. The third kappa shape index (κ3) is 45.1. The lowest BCUT2D eigenvalue weighted by atomic mass is 10.0. The number of nitrogens with two attached hydrogens (primary N) is 1. The van der Waals surface area contributed by atoms with Gasteiger partial charge in [-0.2, -0.15) is 0 Å². The van der Waals surface area contributed by atoms with E-state index in [-0.39, 0.29) is 89.4 Å². The van der Waals surface area contributed by atoms with Gasteiger partial charge in [-0.15, -0.1) is 0 Å². The average Bonchev–Trinajstić information content (AvgIpc) is 1.66. The van der Waals surface area contributed by atoms with E-state index >= 15 is 0 Å². The molecule has 1 aliphatic rings. The van der Waals surface area contributed by atoms with Gasteiger partial charge in [0.25, 0.3) is 0 Å². The predicted molar refractivity (Wildman–Crippen MR) is 497 cm³/mol. The fourth-order valence-corrected chi connectivity index (χ4v) is 14.8. The number of phenolic OH excluding ortho intramolecular Hbond substituents is 1. The number of fused-ring (bicyclic) bond motifs is 1. The number of aromatic amines is 1. The molecule has 0 unspecified atom stereocenters. The number of carbonyl (C=O) groups excluding carboxylic acids is 14. The number of amides is 14. The number of aromatic nitrogens is 1. The molecule has 4 aromatic rings. The number of benzene rings is 3. The second-order valence-electron chi connectivity index (χ2n) is 33.9. The number of unbranched alkanes of at least 4 members (excludes halogenated alkanes) is 1. The average molecular weight is 2030 g/mol. The smallest absolute Gasteiger partial charge is 0.317 e. The summed E-state index contributed by atoms with van der Waals surface area (Å²) in [4.78, 5) is 328. The second kappa shape index (κ2) is 61.0. The van der Waals surface area contributed by atoms with Gasteiger partial charge in [0.1, 0.15) is 78.3 Å². The number of carboxylic acids is 10. The summed E-state index contributed by atoms with van der Waals surface area (Å²) in [7, 11) is 0. The summed E-state index contributed by atoms with van der Waals surface area (Å²) in [6.07, 6.45) is -10.8. The Kier molecular flexibility index (Phi) is 50.2. The lowest BCUT2D eigenvalue weighted by molar-refractivity contribution is -0.141. The minimum absolute atomic E-state index is 0.0133. The van der Waals surface area contributed by atoms with E-state index in [4.69, 9.17) is 5.73 Å². The number of rotatable bonds is 63. The van der Waals surface area contributed by atoms with Crippen LogP contribution in [0.1, 0.15) is 133 Å². The number of hydrogen-bond acceptors (Lipinski definition) is 29. The number of hydrogen-bond donors (Lipinski definition) is 26. The number of nitrogens with one attached hydrogen (secondary N) is 14. The Bertz CT molecular complexity index is 5170. The molecule has 0 spiro atoms. The van der Waals surface area contributed by atoms with E-state index in [9.17, 15) is 171 Å². The van der Waals surface area contributed by atoms with E-state index in [2.05, 4.69) is 74.1 Å².